The maximum absolute atomic E-state index is 11.9. The lowest BCUT2D eigenvalue weighted by Gasteiger charge is -2.14. The second-order valence-electron chi connectivity index (χ2n) is 5.05. The minimum Gasteiger partial charge on any atom is -0.355 e. The van der Waals surface area contributed by atoms with E-state index in [1.54, 1.807) is 18.7 Å². The molecule has 0 radical (unpaired) electrons. The van der Waals surface area contributed by atoms with E-state index in [1.807, 2.05) is 6.92 Å². The van der Waals surface area contributed by atoms with Crippen LogP contribution < -0.4 is 11.2 Å². The molecule has 1 fully saturated rings. The fourth-order valence-corrected chi connectivity index (χ4v) is 2.44. The van der Waals surface area contributed by atoms with E-state index in [4.69, 9.17) is 4.74 Å². The van der Waals surface area contributed by atoms with Gasteiger partial charge in [-0.05, 0) is 19.8 Å². The highest BCUT2D eigenvalue weighted by Crippen LogP contribution is 2.26. The summed E-state index contributed by atoms with van der Waals surface area (Å²) < 4.78 is 7.15. The number of nitrogens with one attached hydrogen (secondary N) is 2. The Balaban J connectivity index is 1.95. The molecule has 20 heavy (non-hydrogen) atoms. The molecule has 0 aromatic carbocycles. The second-order valence-corrected chi connectivity index (χ2v) is 5.05. The van der Waals surface area contributed by atoms with Crippen LogP contribution >= 0.6 is 0 Å². The Hall–Kier alpha value is -2.15. The molecule has 106 valence electrons. The zero-order chi connectivity index (χ0) is 14.1. The molecule has 2 unspecified atom stereocenters. The first-order valence-corrected chi connectivity index (χ1v) is 6.60. The van der Waals surface area contributed by atoms with Gasteiger partial charge in [0.2, 0.25) is 0 Å². The lowest BCUT2D eigenvalue weighted by Crippen LogP contribution is -2.34. The summed E-state index contributed by atoms with van der Waals surface area (Å²) in [7, 11) is 0. The van der Waals surface area contributed by atoms with Crippen LogP contribution in [0.4, 0.5) is 0 Å². The number of ether oxygens (including phenoxy) is 1. The summed E-state index contributed by atoms with van der Waals surface area (Å²) in [5.74, 6) is 0. The fourth-order valence-electron chi connectivity index (χ4n) is 2.44. The number of imidazole rings is 1. The lowest BCUT2D eigenvalue weighted by atomic mass is 10.2. The highest BCUT2D eigenvalue weighted by atomic mass is 16.5. The van der Waals surface area contributed by atoms with Crippen molar-refractivity contribution in [2.45, 2.75) is 38.5 Å². The number of nitrogens with zero attached hydrogens (tertiary/aromatic N) is 2. The third kappa shape index (κ3) is 2.44. The Labute approximate surface area is 114 Å². The van der Waals surface area contributed by atoms with Gasteiger partial charge in [0.15, 0.2) is 0 Å². The first-order valence-electron chi connectivity index (χ1n) is 6.60. The van der Waals surface area contributed by atoms with Gasteiger partial charge in [0.1, 0.15) is 6.23 Å². The zero-order valence-electron chi connectivity index (χ0n) is 11.1. The van der Waals surface area contributed by atoms with Crippen LogP contribution in [-0.4, -0.2) is 25.6 Å². The van der Waals surface area contributed by atoms with Gasteiger partial charge in [-0.3, -0.25) is 14.3 Å². The van der Waals surface area contributed by atoms with Gasteiger partial charge in [-0.25, -0.2) is 9.78 Å². The molecule has 1 saturated heterocycles. The predicted molar refractivity (Wildman–Crippen MR) is 71.5 cm³/mol. The van der Waals surface area contributed by atoms with Crippen LogP contribution in [0.2, 0.25) is 0 Å². The molecular formula is C13H16N4O3. The molecule has 1 aliphatic heterocycles. The molecule has 0 spiro atoms. The van der Waals surface area contributed by atoms with E-state index in [1.165, 1.54) is 4.57 Å². The van der Waals surface area contributed by atoms with Crippen molar-refractivity contribution in [3.8, 4) is 0 Å². The summed E-state index contributed by atoms with van der Waals surface area (Å²) in [6.07, 6.45) is 6.72. The van der Waals surface area contributed by atoms with Crippen molar-refractivity contribution in [3.63, 3.8) is 0 Å². The van der Waals surface area contributed by atoms with Crippen molar-refractivity contribution < 1.29 is 4.74 Å². The quantitative estimate of drug-likeness (QED) is 0.856. The van der Waals surface area contributed by atoms with E-state index >= 15 is 0 Å². The SMILES string of the molecule is CC1CCC(n2cc(Cc3cnc[nH]3)c(=O)[nH]c2=O)O1. The minimum absolute atomic E-state index is 0.134. The molecular weight excluding hydrogens is 260 g/mol. The minimum atomic E-state index is -0.428. The Morgan fingerprint density at radius 2 is 2.30 bits per heavy atom. The highest BCUT2D eigenvalue weighted by molar-refractivity contribution is 5.14. The van der Waals surface area contributed by atoms with Crippen molar-refractivity contribution in [3.05, 3.63) is 50.8 Å². The van der Waals surface area contributed by atoms with Crippen LogP contribution in [0, 0.1) is 0 Å². The van der Waals surface area contributed by atoms with Crippen LogP contribution in [0.25, 0.3) is 0 Å². The van der Waals surface area contributed by atoms with Crippen LogP contribution in [0.1, 0.15) is 37.3 Å². The Kier molecular flexibility index (Phi) is 3.27. The Morgan fingerprint density at radius 1 is 1.45 bits per heavy atom. The molecule has 7 heteroatoms. The lowest BCUT2D eigenvalue weighted by molar-refractivity contribution is 0.00777. The number of hydrogen-bond donors (Lipinski definition) is 2. The summed E-state index contributed by atoms with van der Waals surface area (Å²) in [5, 5.41) is 0. The summed E-state index contributed by atoms with van der Waals surface area (Å²) in [6, 6.07) is 0. The number of aromatic nitrogens is 4. The van der Waals surface area contributed by atoms with Crippen molar-refractivity contribution in [2.75, 3.05) is 0 Å². The topological polar surface area (TPSA) is 92.8 Å². The average Bonchev–Trinajstić information content (AvgIpc) is 3.04. The third-order valence-corrected chi connectivity index (χ3v) is 3.50. The van der Waals surface area contributed by atoms with Crippen LogP contribution in [0.15, 0.2) is 28.3 Å². The molecule has 1 aliphatic rings. The molecule has 0 amide bonds. The maximum Gasteiger partial charge on any atom is 0.330 e. The molecule has 2 N–H and O–H groups in total. The molecule has 2 aromatic rings. The molecule has 0 bridgehead atoms. The van der Waals surface area contributed by atoms with Crippen LogP contribution in [0.3, 0.4) is 0 Å². The maximum atomic E-state index is 11.9. The molecule has 3 heterocycles. The Morgan fingerprint density at radius 3 is 2.95 bits per heavy atom. The largest absolute Gasteiger partial charge is 0.355 e. The van der Waals surface area contributed by atoms with E-state index in [2.05, 4.69) is 15.0 Å². The normalized spacial score (nSPS) is 22.2. The van der Waals surface area contributed by atoms with E-state index in [0.717, 1.165) is 18.5 Å². The Bertz CT molecular complexity index is 701. The van der Waals surface area contributed by atoms with Gasteiger partial charge in [-0.2, -0.15) is 0 Å². The summed E-state index contributed by atoms with van der Waals surface area (Å²) in [5.41, 5.74) is 0.535. The summed E-state index contributed by atoms with van der Waals surface area (Å²) in [4.78, 5) is 33.0. The number of hydrogen-bond acceptors (Lipinski definition) is 4. The van der Waals surface area contributed by atoms with E-state index in [9.17, 15) is 9.59 Å². The summed E-state index contributed by atoms with van der Waals surface area (Å²) >= 11 is 0. The van der Waals surface area contributed by atoms with Crippen molar-refractivity contribution in [2.24, 2.45) is 0 Å². The fraction of sp³-hybridized carbons (Fsp3) is 0.462. The summed E-state index contributed by atoms with van der Waals surface area (Å²) in [6.45, 7) is 1.97. The van der Waals surface area contributed by atoms with Crippen LogP contribution in [0.5, 0.6) is 0 Å². The van der Waals surface area contributed by atoms with Gasteiger partial charge in [0, 0.05) is 30.1 Å². The first kappa shape index (κ1) is 12.9. The van der Waals surface area contributed by atoms with Gasteiger partial charge in [-0.15, -0.1) is 0 Å². The van der Waals surface area contributed by atoms with Crippen molar-refractivity contribution in [1.82, 2.24) is 19.5 Å². The standard InChI is InChI=1S/C13H16N4O3/c1-8-2-3-11(20-8)17-6-9(12(18)16-13(17)19)4-10-5-14-7-15-10/h5-8,11H,2-4H2,1H3,(H,14,15)(H,16,18,19). The van der Waals surface area contributed by atoms with Crippen LogP contribution in [-0.2, 0) is 11.2 Å². The number of rotatable bonds is 3. The van der Waals surface area contributed by atoms with Crippen molar-refractivity contribution in [1.29, 1.82) is 0 Å². The van der Waals surface area contributed by atoms with Gasteiger partial charge in [0.05, 0.1) is 12.4 Å². The second kappa shape index (κ2) is 5.09. The van der Waals surface area contributed by atoms with E-state index < -0.39 is 5.69 Å². The van der Waals surface area contributed by atoms with Gasteiger partial charge < -0.3 is 9.72 Å². The first-order chi connectivity index (χ1) is 9.63. The number of H-pyrrole nitrogens is 2. The zero-order valence-corrected chi connectivity index (χ0v) is 11.1. The smallest absolute Gasteiger partial charge is 0.330 e. The van der Waals surface area contributed by atoms with Crippen molar-refractivity contribution >= 4 is 0 Å². The molecule has 3 rings (SSSR count). The molecule has 2 aromatic heterocycles. The third-order valence-electron chi connectivity index (χ3n) is 3.50. The molecule has 0 aliphatic carbocycles. The van der Waals surface area contributed by atoms with E-state index in [0.29, 0.717) is 12.0 Å². The van der Waals surface area contributed by atoms with Gasteiger partial charge in [0.25, 0.3) is 5.56 Å². The monoisotopic (exact) mass is 276 g/mol. The highest BCUT2D eigenvalue weighted by Gasteiger charge is 2.24. The van der Waals surface area contributed by atoms with Gasteiger partial charge >= 0.3 is 5.69 Å². The van der Waals surface area contributed by atoms with Gasteiger partial charge in [-0.1, -0.05) is 0 Å². The molecule has 0 saturated carbocycles. The predicted octanol–water partition coefficient (Wildman–Crippen LogP) is 0.548. The molecule has 7 nitrogen and oxygen atoms in total. The molecule has 2 atom stereocenters. The van der Waals surface area contributed by atoms with E-state index in [-0.39, 0.29) is 17.9 Å². The average molecular weight is 276 g/mol. The number of aromatic amines is 2.